The van der Waals surface area contributed by atoms with Gasteiger partial charge in [0, 0.05) is 18.1 Å². The number of nitrogens with one attached hydrogen (secondary N) is 3. The van der Waals surface area contributed by atoms with Gasteiger partial charge in [-0.2, -0.15) is 0 Å². The van der Waals surface area contributed by atoms with E-state index >= 15 is 0 Å². The SMILES string of the molecule is CC(NC(=O)Nc1ccc(Cl)c(Cl)c1)c1ncc[nH]1. The summed E-state index contributed by atoms with van der Waals surface area (Å²) in [6.07, 6.45) is 3.33. The first-order valence-corrected chi connectivity index (χ1v) is 6.33. The lowest BCUT2D eigenvalue weighted by molar-refractivity contribution is 0.249. The van der Waals surface area contributed by atoms with Crippen molar-refractivity contribution in [3.63, 3.8) is 0 Å². The van der Waals surface area contributed by atoms with Gasteiger partial charge in [-0.25, -0.2) is 9.78 Å². The van der Waals surface area contributed by atoms with Gasteiger partial charge in [-0.3, -0.25) is 0 Å². The largest absolute Gasteiger partial charge is 0.347 e. The van der Waals surface area contributed by atoms with Crippen molar-refractivity contribution < 1.29 is 4.79 Å². The predicted molar refractivity (Wildman–Crippen MR) is 75.6 cm³/mol. The minimum atomic E-state index is -0.345. The van der Waals surface area contributed by atoms with Gasteiger partial charge in [0.25, 0.3) is 0 Å². The smallest absolute Gasteiger partial charge is 0.319 e. The molecule has 100 valence electrons. The Balaban J connectivity index is 1.95. The summed E-state index contributed by atoms with van der Waals surface area (Å²) >= 11 is 11.7. The van der Waals surface area contributed by atoms with Gasteiger partial charge in [0.15, 0.2) is 0 Å². The molecule has 0 spiro atoms. The van der Waals surface area contributed by atoms with Gasteiger partial charge < -0.3 is 15.6 Å². The maximum atomic E-state index is 11.8. The fourth-order valence-electron chi connectivity index (χ4n) is 1.52. The van der Waals surface area contributed by atoms with Crippen molar-refractivity contribution in [2.24, 2.45) is 0 Å². The first kappa shape index (κ1) is 13.7. The number of anilines is 1. The normalized spacial score (nSPS) is 11.9. The van der Waals surface area contributed by atoms with E-state index in [-0.39, 0.29) is 12.1 Å². The molecule has 0 saturated carbocycles. The molecule has 0 bridgehead atoms. The fraction of sp³-hybridized carbons (Fsp3) is 0.167. The molecule has 2 amide bonds. The topological polar surface area (TPSA) is 69.8 Å². The lowest BCUT2D eigenvalue weighted by Crippen LogP contribution is -2.31. The monoisotopic (exact) mass is 298 g/mol. The maximum Gasteiger partial charge on any atom is 0.319 e. The highest BCUT2D eigenvalue weighted by Crippen LogP contribution is 2.24. The van der Waals surface area contributed by atoms with Gasteiger partial charge in [0.05, 0.1) is 16.1 Å². The van der Waals surface area contributed by atoms with Crippen LogP contribution in [-0.4, -0.2) is 16.0 Å². The standard InChI is InChI=1S/C12H12Cl2N4O/c1-7(11-15-4-5-16-11)17-12(19)18-8-2-3-9(13)10(14)6-8/h2-7H,1H3,(H,15,16)(H2,17,18,19). The molecule has 19 heavy (non-hydrogen) atoms. The van der Waals surface area contributed by atoms with E-state index in [9.17, 15) is 4.79 Å². The number of nitrogens with zero attached hydrogens (tertiary/aromatic N) is 1. The van der Waals surface area contributed by atoms with Crippen LogP contribution in [0.4, 0.5) is 10.5 Å². The quantitative estimate of drug-likeness (QED) is 0.810. The Hall–Kier alpha value is -1.72. The van der Waals surface area contributed by atoms with Crippen molar-refractivity contribution >= 4 is 34.9 Å². The van der Waals surface area contributed by atoms with Crippen molar-refractivity contribution in [3.05, 3.63) is 46.5 Å². The number of H-pyrrole nitrogens is 1. The Morgan fingerprint density at radius 1 is 1.37 bits per heavy atom. The van der Waals surface area contributed by atoms with E-state index in [0.717, 1.165) is 0 Å². The zero-order valence-electron chi connectivity index (χ0n) is 10.1. The first-order chi connectivity index (χ1) is 9.06. The van der Waals surface area contributed by atoms with Gasteiger partial charge in [-0.1, -0.05) is 23.2 Å². The van der Waals surface area contributed by atoms with Crippen LogP contribution < -0.4 is 10.6 Å². The number of benzene rings is 1. The van der Waals surface area contributed by atoms with E-state index in [1.165, 1.54) is 0 Å². The minimum Gasteiger partial charge on any atom is -0.347 e. The van der Waals surface area contributed by atoms with E-state index < -0.39 is 0 Å². The summed E-state index contributed by atoms with van der Waals surface area (Å²) in [5.74, 6) is 0.685. The molecule has 0 aliphatic carbocycles. The van der Waals surface area contributed by atoms with Gasteiger partial charge in [0.2, 0.25) is 0 Å². The lowest BCUT2D eigenvalue weighted by Gasteiger charge is -2.12. The molecule has 0 saturated heterocycles. The second-order valence-electron chi connectivity index (χ2n) is 3.92. The molecule has 1 aromatic heterocycles. The second-order valence-corrected chi connectivity index (χ2v) is 4.74. The van der Waals surface area contributed by atoms with Crippen LogP contribution in [0.1, 0.15) is 18.8 Å². The van der Waals surface area contributed by atoms with Crippen molar-refractivity contribution in [1.82, 2.24) is 15.3 Å². The molecule has 0 fully saturated rings. The molecule has 5 nitrogen and oxygen atoms in total. The second kappa shape index (κ2) is 5.95. The van der Waals surface area contributed by atoms with Crippen LogP contribution in [0.5, 0.6) is 0 Å². The number of carbonyl (C=O) groups excluding carboxylic acids is 1. The summed E-state index contributed by atoms with van der Waals surface area (Å²) in [4.78, 5) is 18.8. The first-order valence-electron chi connectivity index (χ1n) is 5.58. The van der Waals surface area contributed by atoms with E-state index in [2.05, 4.69) is 20.6 Å². The summed E-state index contributed by atoms with van der Waals surface area (Å²) in [6, 6.07) is 4.31. The van der Waals surface area contributed by atoms with Crippen LogP contribution in [0, 0.1) is 0 Å². The fourth-order valence-corrected chi connectivity index (χ4v) is 1.82. The van der Waals surface area contributed by atoms with Gasteiger partial charge in [-0.05, 0) is 25.1 Å². The molecule has 1 unspecified atom stereocenters. The Bertz CT molecular complexity index is 571. The number of imidazole rings is 1. The van der Waals surface area contributed by atoms with E-state index in [0.29, 0.717) is 21.6 Å². The van der Waals surface area contributed by atoms with Gasteiger partial charge >= 0.3 is 6.03 Å². The van der Waals surface area contributed by atoms with Crippen molar-refractivity contribution in [3.8, 4) is 0 Å². The molecule has 2 rings (SSSR count). The molecule has 0 radical (unpaired) electrons. The third kappa shape index (κ3) is 3.62. The highest BCUT2D eigenvalue weighted by atomic mass is 35.5. The summed E-state index contributed by atoms with van der Waals surface area (Å²) in [5.41, 5.74) is 0.568. The van der Waals surface area contributed by atoms with Crippen LogP contribution in [-0.2, 0) is 0 Å². The van der Waals surface area contributed by atoms with Crippen molar-refractivity contribution in [1.29, 1.82) is 0 Å². The Kier molecular flexibility index (Phi) is 4.29. The predicted octanol–water partition coefficient (Wildman–Crippen LogP) is 3.60. The van der Waals surface area contributed by atoms with Crippen molar-refractivity contribution in [2.45, 2.75) is 13.0 Å². The van der Waals surface area contributed by atoms with E-state index in [4.69, 9.17) is 23.2 Å². The van der Waals surface area contributed by atoms with Crippen LogP contribution in [0.25, 0.3) is 0 Å². The van der Waals surface area contributed by atoms with Crippen LogP contribution in [0.3, 0.4) is 0 Å². The number of aromatic amines is 1. The molecule has 0 aliphatic heterocycles. The van der Waals surface area contributed by atoms with Gasteiger partial charge in [0.1, 0.15) is 5.82 Å². The Morgan fingerprint density at radius 2 is 2.16 bits per heavy atom. The number of amides is 2. The van der Waals surface area contributed by atoms with Gasteiger partial charge in [-0.15, -0.1) is 0 Å². The molecule has 0 aliphatic rings. The molecular formula is C12H12Cl2N4O. The number of hydrogen-bond acceptors (Lipinski definition) is 2. The number of halogens is 2. The Labute approximate surface area is 120 Å². The number of hydrogen-bond donors (Lipinski definition) is 3. The third-order valence-corrected chi connectivity index (χ3v) is 3.19. The summed E-state index contributed by atoms with van der Waals surface area (Å²) in [5, 5.41) is 6.24. The highest BCUT2D eigenvalue weighted by Gasteiger charge is 2.11. The molecule has 1 aromatic carbocycles. The average Bonchev–Trinajstić information content (AvgIpc) is 2.87. The van der Waals surface area contributed by atoms with Crippen LogP contribution >= 0.6 is 23.2 Å². The molecule has 1 heterocycles. The van der Waals surface area contributed by atoms with Crippen LogP contribution in [0.15, 0.2) is 30.6 Å². The third-order valence-electron chi connectivity index (χ3n) is 2.45. The zero-order chi connectivity index (χ0) is 13.8. The van der Waals surface area contributed by atoms with E-state index in [1.54, 1.807) is 30.6 Å². The number of carbonyl (C=O) groups is 1. The Morgan fingerprint density at radius 3 is 2.79 bits per heavy atom. The molecule has 3 N–H and O–H groups in total. The summed E-state index contributed by atoms with van der Waals surface area (Å²) < 4.78 is 0. The summed E-state index contributed by atoms with van der Waals surface area (Å²) in [6.45, 7) is 1.83. The molecule has 1 atom stereocenters. The molecule has 2 aromatic rings. The average molecular weight is 299 g/mol. The van der Waals surface area contributed by atoms with Crippen LogP contribution in [0.2, 0.25) is 10.0 Å². The molecular weight excluding hydrogens is 287 g/mol. The highest BCUT2D eigenvalue weighted by molar-refractivity contribution is 6.42. The lowest BCUT2D eigenvalue weighted by atomic mass is 10.3. The zero-order valence-corrected chi connectivity index (χ0v) is 11.6. The number of rotatable bonds is 3. The summed E-state index contributed by atoms with van der Waals surface area (Å²) in [7, 11) is 0. The number of aromatic nitrogens is 2. The maximum absolute atomic E-state index is 11.8. The van der Waals surface area contributed by atoms with E-state index in [1.807, 2.05) is 6.92 Å². The molecule has 7 heteroatoms. The number of urea groups is 1. The van der Waals surface area contributed by atoms with Crippen molar-refractivity contribution in [2.75, 3.05) is 5.32 Å². The minimum absolute atomic E-state index is 0.224.